The molecule has 4 nitrogen and oxygen atoms in total. The van der Waals surface area contributed by atoms with Crippen LogP contribution in [0, 0.1) is 0 Å². The Balaban J connectivity index is 2.04. The predicted octanol–water partition coefficient (Wildman–Crippen LogP) is 4.98. The summed E-state index contributed by atoms with van der Waals surface area (Å²) in [6.45, 7) is 0.522. The molecule has 0 radical (unpaired) electrons. The number of amides is 1. The van der Waals surface area contributed by atoms with Crippen molar-refractivity contribution in [2.45, 2.75) is 18.1 Å². The Kier molecular flexibility index (Phi) is 7.53. The summed E-state index contributed by atoms with van der Waals surface area (Å²) in [4.78, 5) is 16.0. The largest absolute Gasteiger partial charge is 0.383 e. The van der Waals surface area contributed by atoms with Crippen LogP contribution in [0.15, 0.2) is 121 Å². The summed E-state index contributed by atoms with van der Waals surface area (Å²) in [5, 5.41) is 0. The van der Waals surface area contributed by atoms with Crippen molar-refractivity contribution in [2.24, 2.45) is 5.73 Å². The molecule has 34 heavy (non-hydrogen) atoms. The van der Waals surface area contributed by atoms with Crippen molar-refractivity contribution in [3.63, 3.8) is 0 Å². The molecule has 4 rings (SSSR count). The fourth-order valence-corrected chi connectivity index (χ4v) is 4.58. The molecule has 1 amide bonds. The topological polar surface area (TPSA) is 55.6 Å². The minimum Gasteiger partial charge on any atom is -0.383 e. The number of carbonyl (C=O) groups excluding carboxylic acids is 1. The third kappa shape index (κ3) is 4.65. The Morgan fingerprint density at radius 3 is 1.50 bits per heavy atom. The van der Waals surface area contributed by atoms with E-state index in [0.29, 0.717) is 6.54 Å². The van der Waals surface area contributed by atoms with Crippen molar-refractivity contribution in [3.05, 3.63) is 144 Å². The highest BCUT2D eigenvalue weighted by Crippen LogP contribution is 2.43. The van der Waals surface area contributed by atoms with Gasteiger partial charge in [0.2, 0.25) is 5.91 Å². The third-order valence-electron chi connectivity index (χ3n) is 6.09. The van der Waals surface area contributed by atoms with Gasteiger partial charge >= 0.3 is 0 Å². The molecule has 0 heterocycles. The first kappa shape index (κ1) is 23.4. The van der Waals surface area contributed by atoms with Gasteiger partial charge in [0.25, 0.3) is 0 Å². The minimum absolute atomic E-state index is 0.137. The molecule has 0 saturated carbocycles. The number of nitrogens with zero attached hydrogens (tertiary/aromatic N) is 1. The van der Waals surface area contributed by atoms with Crippen LogP contribution < -0.4 is 5.73 Å². The molecule has 0 spiro atoms. The summed E-state index contributed by atoms with van der Waals surface area (Å²) >= 11 is 0. The molecule has 0 saturated heterocycles. The monoisotopic (exact) mass is 450 g/mol. The van der Waals surface area contributed by atoms with Gasteiger partial charge in [0.05, 0.1) is 6.61 Å². The van der Waals surface area contributed by atoms with Crippen molar-refractivity contribution in [3.8, 4) is 0 Å². The number of methoxy groups -OCH3 is 1. The van der Waals surface area contributed by atoms with E-state index in [1.165, 1.54) is 0 Å². The minimum atomic E-state index is -0.901. The maximum absolute atomic E-state index is 14.1. The quantitative estimate of drug-likeness (QED) is 0.366. The van der Waals surface area contributed by atoms with Crippen LogP contribution in [0.25, 0.3) is 0 Å². The Labute approximate surface area is 201 Å². The second-order valence-electron chi connectivity index (χ2n) is 8.28. The summed E-state index contributed by atoms with van der Waals surface area (Å²) in [6.07, 6.45) is 0. The molecule has 0 aliphatic carbocycles. The summed E-state index contributed by atoms with van der Waals surface area (Å²) in [7, 11) is 1.56. The van der Waals surface area contributed by atoms with Crippen LogP contribution in [0.3, 0.4) is 0 Å². The molecule has 0 bridgehead atoms. The number of ether oxygens (including phenoxy) is 1. The van der Waals surface area contributed by atoms with Gasteiger partial charge in [-0.1, -0.05) is 121 Å². The van der Waals surface area contributed by atoms with Gasteiger partial charge in [-0.15, -0.1) is 0 Å². The molecule has 0 aliphatic rings. The molecular weight excluding hydrogens is 420 g/mol. The van der Waals surface area contributed by atoms with E-state index in [0.717, 1.165) is 22.3 Å². The van der Waals surface area contributed by atoms with Gasteiger partial charge in [-0.05, 0) is 22.3 Å². The average molecular weight is 451 g/mol. The highest BCUT2D eigenvalue weighted by molar-refractivity contribution is 5.84. The first-order valence-corrected chi connectivity index (χ1v) is 11.4. The van der Waals surface area contributed by atoms with Crippen LogP contribution in [0.4, 0.5) is 0 Å². The third-order valence-corrected chi connectivity index (χ3v) is 6.09. The van der Waals surface area contributed by atoms with E-state index in [1.807, 2.05) is 89.8 Å². The Morgan fingerprint density at radius 2 is 1.12 bits per heavy atom. The standard InChI is InChI=1S/C30H30N2O2/c1-34-23-28(31)29(33)32(22-24-14-6-2-7-15-24)30(25-16-8-3-9-17-25,26-18-10-4-11-19-26)27-20-12-5-13-21-27/h2-21,28H,22-23,31H2,1H3/t28-/m1/s1. The zero-order valence-electron chi connectivity index (χ0n) is 19.4. The van der Waals surface area contributed by atoms with Gasteiger partial charge < -0.3 is 15.4 Å². The predicted molar refractivity (Wildman–Crippen MR) is 136 cm³/mol. The molecule has 2 N–H and O–H groups in total. The average Bonchev–Trinajstić information content (AvgIpc) is 2.91. The van der Waals surface area contributed by atoms with Crippen molar-refractivity contribution in [2.75, 3.05) is 13.7 Å². The molecule has 4 aromatic carbocycles. The van der Waals surface area contributed by atoms with Gasteiger partial charge in [-0.25, -0.2) is 0 Å². The number of rotatable bonds is 9. The number of nitrogens with two attached hydrogens (primary N) is 1. The van der Waals surface area contributed by atoms with Crippen LogP contribution >= 0.6 is 0 Å². The SMILES string of the molecule is COC[C@@H](N)C(=O)N(Cc1ccccc1)C(c1ccccc1)(c1ccccc1)c1ccccc1. The smallest absolute Gasteiger partial charge is 0.243 e. The second kappa shape index (κ2) is 10.9. The van der Waals surface area contributed by atoms with Gasteiger partial charge in [-0.3, -0.25) is 4.79 Å². The highest BCUT2D eigenvalue weighted by Gasteiger charge is 2.45. The molecule has 172 valence electrons. The van der Waals surface area contributed by atoms with Gasteiger partial charge in [0.1, 0.15) is 11.6 Å². The molecule has 0 fully saturated rings. The van der Waals surface area contributed by atoms with Crippen molar-refractivity contribution >= 4 is 5.91 Å². The first-order valence-electron chi connectivity index (χ1n) is 11.4. The zero-order valence-corrected chi connectivity index (χ0v) is 19.4. The fourth-order valence-electron chi connectivity index (χ4n) is 4.58. The van der Waals surface area contributed by atoms with E-state index < -0.39 is 11.6 Å². The number of carbonyl (C=O) groups is 1. The van der Waals surface area contributed by atoms with Crippen LogP contribution in [0.5, 0.6) is 0 Å². The van der Waals surface area contributed by atoms with Crippen molar-refractivity contribution < 1.29 is 9.53 Å². The molecular formula is C30H30N2O2. The van der Waals surface area contributed by atoms with Gasteiger partial charge in [-0.2, -0.15) is 0 Å². The molecule has 0 aliphatic heterocycles. The maximum atomic E-state index is 14.1. The Bertz CT molecular complexity index is 1070. The summed E-state index contributed by atoms with van der Waals surface area (Å²) < 4.78 is 5.28. The summed E-state index contributed by atoms with van der Waals surface area (Å²) in [5.41, 5.74) is 9.48. The van der Waals surface area contributed by atoms with Crippen LogP contribution in [-0.4, -0.2) is 30.6 Å². The zero-order chi connectivity index (χ0) is 23.8. The Morgan fingerprint density at radius 1 is 0.735 bits per heavy atom. The van der Waals surface area contributed by atoms with E-state index >= 15 is 0 Å². The fraction of sp³-hybridized carbons (Fsp3) is 0.167. The lowest BCUT2D eigenvalue weighted by Gasteiger charge is -2.46. The molecule has 4 aromatic rings. The van der Waals surface area contributed by atoms with E-state index in [4.69, 9.17) is 10.5 Å². The van der Waals surface area contributed by atoms with E-state index in [9.17, 15) is 4.79 Å². The van der Waals surface area contributed by atoms with E-state index in [2.05, 4.69) is 36.4 Å². The molecule has 1 atom stereocenters. The van der Waals surface area contributed by atoms with Crippen molar-refractivity contribution in [1.29, 1.82) is 0 Å². The second-order valence-corrected chi connectivity index (χ2v) is 8.28. The van der Waals surface area contributed by atoms with E-state index in [1.54, 1.807) is 7.11 Å². The highest BCUT2D eigenvalue weighted by atomic mass is 16.5. The number of hydrogen-bond acceptors (Lipinski definition) is 3. The number of benzene rings is 4. The van der Waals surface area contributed by atoms with Crippen molar-refractivity contribution in [1.82, 2.24) is 4.90 Å². The summed E-state index contributed by atoms with van der Waals surface area (Å²) in [5.74, 6) is -0.178. The Hall–Kier alpha value is -3.73. The first-order chi connectivity index (χ1) is 16.7. The van der Waals surface area contributed by atoms with Gasteiger partial charge in [0.15, 0.2) is 0 Å². The van der Waals surface area contributed by atoms with Crippen LogP contribution in [0.1, 0.15) is 22.3 Å². The maximum Gasteiger partial charge on any atom is 0.243 e. The molecule has 4 heteroatoms. The lowest BCUT2D eigenvalue weighted by atomic mass is 9.75. The van der Waals surface area contributed by atoms with Crippen LogP contribution in [0.2, 0.25) is 0 Å². The normalized spacial score (nSPS) is 12.2. The lowest BCUT2D eigenvalue weighted by molar-refractivity contribution is -0.138. The molecule has 0 aromatic heterocycles. The van der Waals surface area contributed by atoms with E-state index in [-0.39, 0.29) is 12.5 Å². The summed E-state index contributed by atoms with van der Waals surface area (Å²) in [6, 6.07) is 39.7. The lowest BCUT2D eigenvalue weighted by Crippen LogP contribution is -2.56. The molecule has 0 unspecified atom stereocenters. The van der Waals surface area contributed by atoms with Gasteiger partial charge in [0, 0.05) is 13.7 Å². The number of hydrogen-bond donors (Lipinski definition) is 1. The van der Waals surface area contributed by atoms with Crippen LogP contribution in [-0.2, 0) is 21.6 Å².